The van der Waals surface area contributed by atoms with Gasteiger partial charge in [-0.3, -0.25) is 4.79 Å². The summed E-state index contributed by atoms with van der Waals surface area (Å²) in [5.74, 6) is 0.145. The van der Waals surface area contributed by atoms with Gasteiger partial charge >= 0.3 is 0 Å². The summed E-state index contributed by atoms with van der Waals surface area (Å²) in [4.78, 5) is 19.2. The Morgan fingerprint density at radius 2 is 1.88 bits per heavy atom. The summed E-state index contributed by atoms with van der Waals surface area (Å²) < 4.78 is 15.7. The lowest BCUT2D eigenvalue weighted by atomic mass is 9.95. The SMILES string of the molecule is CCN(CC)c1ccc(C2C(C(N)=O)=C(C)Nc3nc(SCc4ccccc4F)nn32)cc1. The van der Waals surface area contributed by atoms with Crippen LogP contribution in [0.25, 0.3) is 0 Å². The summed E-state index contributed by atoms with van der Waals surface area (Å²) in [7, 11) is 0. The van der Waals surface area contributed by atoms with E-state index in [-0.39, 0.29) is 5.82 Å². The molecule has 0 spiro atoms. The number of amides is 1. The second-order valence-corrected chi connectivity index (χ2v) is 8.68. The molecule has 0 saturated heterocycles. The first-order valence-electron chi connectivity index (χ1n) is 10.9. The van der Waals surface area contributed by atoms with Crippen molar-refractivity contribution in [3.05, 3.63) is 76.7 Å². The van der Waals surface area contributed by atoms with Gasteiger partial charge in [-0.15, -0.1) is 5.10 Å². The number of thioether (sulfide) groups is 1. The van der Waals surface area contributed by atoms with E-state index in [0.717, 1.165) is 24.3 Å². The molecule has 4 rings (SSSR count). The van der Waals surface area contributed by atoms with E-state index in [0.29, 0.717) is 33.7 Å². The van der Waals surface area contributed by atoms with Crippen molar-refractivity contribution in [3.8, 4) is 0 Å². The number of anilines is 2. The third-order valence-electron chi connectivity index (χ3n) is 5.75. The van der Waals surface area contributed by atoms with E-state index in [4.69, 9.17) is 5.73 Å². The monoisotopic (exact) mass is 466 g/mol. The Bertz CT molecular complexity index is 1190. The van der Waals surface area contributed by atoms with Crippen molar-refractivity contribution in [1.29, 1.82) is 0 Å². The van der Waals surface area contributed by atoms with Crippen LogP contribution in [0.1, 0.15) is 37.9 Å². The van der Waals surface area contributed by atoms with E-state index in [1.165, 1.54) is 17.8 Å². The average Bonchev–Trinajstić information content (AvgIpc) is 3.21. The number of primary amides is 1. The zero-order valence-corrected chi connectivity index (χ0v) is 19.7. The van der Waals surface area contributed by atoms with Crippen molar-refractivity contribution in [3.63, 3.8) is 0 Å². The van der Waals surface area contributed by atoms with E-state index < -0.39 is 11.9 Å². The maximum atomic E-state index is 14.0. The summed E-state index contributed by atoms with van der Waals surface area (Å²) in [6.07, 6.45) is 0. The molecule has 1 aliphatic heterocycles. The molecule has 1 aromatic heterocycles. The Labute approximate surface area is 196 Å². The number of hydrogen-bond acceptors (Lipinski definition) is 6. The lowest BCUT2D eigenvalue weighted by Gasteiger charge is -2.28. The van der Waals surface area contributed by atoms with Crippen LogP contribution in [0.2, 0.25) is 0 Å². The lowest BCUT2D eigenvalue weighted by molar-refractivity contribution is -0.115. The zero-order chi connectivity index (χ0) is 23.5. The number of halogens is 1. The standard InChI is InChI=1S/C24H27FN6OS/c1-4-30(5-2)18-12-10-16(11-13-18)21-20(22(26)32)15(3)27-23-28-24(29-31(21)23)33-14-17-8-6-7-9-19(17)25/h6-13,21H,4-5,14H2,1-3H3,(H2,26,32)(H,27,28,29). The van der Waals surface area contributed by atoms with E-state index >= 15 is 0 Å². The van der Waals surface area contributed by atoms with Crippen molar-refractivity contribution in [2.45, 2.75) is 37.7 Å². The van der Waals surface area contributed by atoms with Gasteiger partial charge in [0.1, 0.15) is 11.9 Å². The molecule has 1 unspecified atom stereocenters. The maximum Gasteiger partial charge on any atom is 0.248 e. The molecule has 2 heterocycles. The normalized spacial score (nSPS) is 15.2. The molecule has 0 fully saturated rings. The second-order valence-electron chi connectivity index (χ2n) is 7.74. The van der Waals surface area contributed by atoms with Crippen molar-refractivity contribution < 1.29 is 9.18 Å². The number of carbonyl (C=O) groups excluding carboxylic acids is 1. The van der Waals surface area contributed by atoms with Crippen LogP contribution in [0.3, 0.4) is 0 Å². The fourth-order valence-corrected chi connectivity index (χ4v) is 4.85. The number of nitrogens with zero attached hydrogens (tertiary/aromatic N) is 4. The van der Waals surface area contributed by atoms with Crippen LogP contribution in [0.15, 0.2) is 65.0 Å². The number of aromatic nitrogens is 3. The van der Waals surface area contributed by atoms with Crippen molar-refractivity contribution in [2.24, 2.45) is 5.73 Å². The fourth-order valence-electron chi connectivity index (χ4n) is 4.03. The van der Waals surface area contributed by atoms with Gasteiger partial charge in [-0.25, -0.2) is 9.07 Å². The van der Waals surface area contributed by atoms with Gasteiger partial charge in [0, 0.05) is 30.2 Å². The van der Waals surface area contributed by atoms with Crippen LogP contribution in [0.5, 0.6) is 0 Å². The molecular formula is C24H27FN6OS. The van der Waals surface area contributed by atoms with Gasteiger partial charge in [0.05, 0.1) is 5.57 Å². The number of nitrogens with one attached hydrogen (secondary N) is 1. The predicted molar refractivity (Wildman–Crippen MR) is 130 cm³/mol. The van der Waals surface area contributed by atoms with Gasteiger partial charge in [0.2, 0.25) is 17.0 Å². The largest absolute Gasteiger partial charge is 0.372 e. The molecule has 9 heteroatoms. The Balaban J connectivity index is 1.67. The quantitative estimate of drug-likeness (QED) is 0.481. The lowest BCUT2D eigenvalue weighted by Crippen LogP contribution is -2.32. The van der Waals surface area contributed by atoms with Gasteiger partial charge in [-0.05, 0) is 50.1 Å². The first kappa shape index (κ1) is 22.8. The molecule has 1 aliphatic rings. The molecular weight excluding hydrogens is 439 g/mol. The number of carbonyl (C=O) groups is 1. The topological polar surface area (TPSA) is 89.1 Å². The fraction of sp³-hybridized carbons (Fsp3) is 0.292. The number of nitrogens with two attached hydrogens (primary N) is 1. The van der Waals surface area contributed by atoms with E-state index in [1.54, 1.807) is 22.9 Å². The van der Waals surface area contributed by atoms with Crippen LogP contribution >= 0.6 is 11.8 Å². The summed E-state index contributed by atoms with van der Waals surface area (Å²) in [5.41, 5.74) is 9.43. The highest BCUT2D eigenvalue weighted by Gasteiger charge is 2.33. The van der Waals surface area contributed by atoms with Crippen LogP contribution in [0.4, 0.5) is 16.0 Å². The zero-order valence-electron chi connectivity index (χ0n) is 18.9. The molecule has 7 nitrogen and oxygen atoms in total. The summed E-state index contributed by atoms with van der Waals surface area (Å²) in [6, 6.07) is 14.2. The van der Waals surface area contributed by atoms with Gasteiger partial charge < -0.3 is 16.0 Å². The predicted octanol–water partition coefficient (Wildman–Crippen LogP) is 4.33. The van der Waals surface area contributed by atoms with Crippen molar-refractivity contribution >= 4 is 29.3 Å². The maximum absolute atomic E-state index is 14.0. The Kier molecular flexibility index (Phi) is 6.69. The molecule has 0 saturated carbocycles. The number of rotatable bonds is 8. The highest BCUT2D eigenvalue weighted by molar-refractivity contribution is 7.98. The van der Waals surface area contributed by atoms with Crippen LogP contribution in [0, 0.1) is 5.82 Å². The molecule has 0 radical (unpaired) electrons. The Morgan fingerprint density at radius 3 is 2.52 bits per heavy atom. The molecule has 3 N–H and O–H groups in total. The van der Waals surface area contributed by atoms with Crippen molar-refractivity contribution in [2.75, 3.05) is 23.3 Å². The number of benzene rings is 2. The third kappa shape index (κ3) is 4.59. The van der Waals surface area contributed by atoms with E-state index in [2.05, 4.69) is 34.1 Å². The number of fused-ring (bicyclic) bond motifs is 1. The van der Waals surface area contributed by atoms with Gasteiger partial charge in [0.25, 0.3) is 0 Å². The average molecular weight is 467 g/mol. The highest BCUT2D eigenvalue weighted by atomic mass is 32.2. The smallest absolute Gasteiger partial charge is 0.248 e. The summed E-state index contributed by atoms with van der Waals surface area (Å²) in [6.45, 7) is 7.85. The van der Waals surface area contributed by atoms with Crippen LogP contribution < -0.4 is 16.0 Å². The van der Waals surface area contributed by atoms with Gasteiger partial charge in [0.15, 0.2) is 0 Å². The molecule has 2 aromatic carbocycles. The number of hydrogen-bond donors (Lipinski definition) is 2. The minimum Gasteiger partial charge on any atom is -0.372 e. The Hall–Kier alpha value is -3.33. The highest BCUT2D eigenvalue weighted by Crippen LogP contribution is 2.37. The minimum absolute atomic E-state index is 0.258. The van der Waals surface area contributed by atoms with Crippen LogP contribution in [-0.4, -0.2) is 33.8 Å². The third-order valence-corrected chi connectivity index (χ3v) is 6.64. The minimum atomic E-state index is -0.514. The van der Waals surface area contributed by atoms with Crippen molar-refractivity contribution in [1.82, 2.24) is 14.8 Å². The van der Waals surface area contributed by atoms with Gasteiger partial charge in [-0.2, -0.15) is 4.98 Å². The van der Waals surface area contributed by atoms with E-state index in [1.807, 2.05) is 31.2 Å². The first-order chi connectivity index (χ1) is 15.9. The molecule has 172 valence electrons. The summed E-state index contributed by atoms with van der Waals surface area (Å²) in [5, 5.41) is 8.27. The van der Waals surface area contributed by atoms with Gasteiger partial charge in [-0.1, -0.05) is 42.1 Å². The molecule has 1 amide bonds. The molecule has 1 atom stereocenters. The Morgan fingerprint density at radius 1 is 1.18 bits per heavy atom. The molecule has 0 aliphatic carbocycles. The molecule has 3 aromatic rings. The second kappa shape index (κ2) is 9.66. The first-order valence-corrected chi connectivity index (χ1v) is 11.9. The van der Waals surface area contributed by atoms with E-state index in [9.17, 15) is 9.18 Å². The summed E-state index contributed by atoms with van der Waals surface area (Å²) >= 11 is 1.34. The molecule has 0 bridgehead atoms. The number of allylic oxidation sites excluding steroid dienone is 1. The van der Waals surface area contributed by atoms with Crippen LogP contribution in [-0.2, 0) is 10.5 Å². The molecule has 33 heavy (non-hydrogen) atoms.